The zero-order chi connectivity index (χ0) is 14.0. The van der Waals surface area contributed by atoms with Crippen LogP contribution in [0.5, 0.6) is 0 Å². The molecule has 1 N–H and O–H groups in total. The van der Waals surface area contributed by atoms with Crippen LogP contribution in [0.3, 0.4) is 0 Å². The van der Waals surface area contributed by atoms with Crippen molar-refractivity contribution in [3.05, 3.63) is 44.7 Å². The Hall–Kier alpha value is -0.840. The van der Waals surface area contributed by atoms with Gasteiger partial charge in [0.25, 0.3) is 0 Å². The fourth-order valence-electron chi connectivity index (χ4n) is 1.49. The highest BCUT2D eigenvalue weighted by atomic mass is 79.9. The van der Waals surface area contributed by atoms with Gasteiger partial charge in [0.05, 0.1) is 5.69 Å². The summed E-state index contributed by atoms with van der Waals surface area (Å²) < 4.78 is 0.862. The van der Waals surface area contributed by atoms with Crippen molar-refractivity contribution in [3.63, 3.8) is 0 Å². The Bertz CT molecular complexity index is 602. The summed E-state index contributed by atoms with van der Waals surface area (Å²) >= 11 is 15.4. The maximum Gasteiger partial charge on any atom is 0.135 e. The molecule has 2 aromatic rings. The molecular formula is C13H12BrCl2N3. The van der Waals surface area contributed by atoms with E-state index in [0.29, 0.717) is 21.8 Å². The Morgan fingerprint density at radius 1 is 1.16 bits per heavy atom. The van der Waals surface area contributed by atoms with E-state index in [1.54, 1.807) is 12.1 Å². The normalized spacial score (nSPS) is 10.8. The Morgan fingerprint density at radius 3 is 2.53 bits per heavy atom. The molecule has 0 saturated heterocycles. The lowest BCUT2D eigenvalue weighted by molar-refractivity contribution is 0.776. The third kappa shape index (κ3) is 3.81. The van der Waals surface area contributed by atoms with E-state index in [9.17, 15) is 0 Å². The Morgan fingerprint density at radius 2 is 1.89 bits per heavy atom. The van der Waals surface area contributed by atoms with Crippen molar-refractivity contribution < 1.29 is 0 Å². The smallest absolute Gasteiger partial charge is 0.135 e. The lowest BCUT2D eigenvalue weighted by atomic mass is 10.2. The van der Waals surface area contributed by atoms with E-state index in [1.807, 2.05) is 26.0 Å². The predicted octanol–water partition coefficient (Wildman–Crippen LogP) is 5.41. The molecule has 0 radical (unpaired) electrons. The number of halogens is 3. The minimum absolute atomic E-state index is 0.216. The van der Waals surface area contributed by atoms with Crippen molar-refractivity contribution in [3.8, 4) is 0 Å². The summed E-state index contributed by atoms with van der Waals surface area (Å²) in [6.07, 6.45) is 0. The maximum absolute atomic E-state index is 6.00. The van der Waals surface area contributed by atoms with Gasteiger partial charge >= 0.3 is 0 Å². The molecular weight excluding hydrogens is 349 g/mol. The van der Waals surface area contributed by atoms with Gasteiger partial charge in [-0.05, 0) is 34.1 Å². The van der Waals surface area contributed by atoms with Crippen LogP contribution < -0.4 is 5.32 Å². The van der Waals surface area contributed by atoms with E-state index in [-0.39, 0.29) is 5.92 Å². The van der Waals surface area contributed by atoms with Crippen LogP contribution in [-0.4, -0.2) is 9.97 Å². The molecule has 19 heavy (non-hydrogen) atoms. The van der Waals surface area contributed by atoms with Crippen molar-refractivity contribution >= 4 is 50.6 Å². The molecule has 0 saturated carbocycles. The molecule has 0 atom stereocenters. The molecule has 1 aromatic carbocycles. The van der Waals surface area contributed by atoms with Crippen molar-refractivity contribution in [1.29, 1.82) is 0 Å². The highest BCUT2D eigenvalue weighted by Gasteiger charge is 2.08. The molecule has 1 aromatic heterocycles. The Balaban J connectivity index is 2.32. The second kappa shape index (κ2) is 6.07. The minimum Gasteiger partial charge on any atom is -0.339 e. The first-order valence-electron chi connectivity index (χ1n) is 5.72. The first-order chi connectivity index (χ1) is 8.95. The number of anilines is 2. The van der Waals surface area contributed by atoms with Gasteiger partial charge in [-0.1, -0.05) is 37.0 Å². The summed E-state index contributed by atoms with van der Waals surface area (Å²) in [5.41, 5.74) is 0.869. The number of benzene rings is 1. The third-order valence-electron chi connectivity index (χ3n) is 2.42. The van der Waals surface area contributed by atoms with Crippen LogP contribution in [0.15, 0.2) is 28.7 Å². The Kier molecular flexibility index (Phi) is 4.66. The summed E-state index contributed by atoms with van der Waals surface area (Å²) in [6.45, 7) is 4.04. The average Bonchev–Trinajstić information content (AvgIpc) is 2.32. The first kappa shape index (κ1) is 14.6. The monoisotopic (exact) mass is 359 g/mol. The van der Waals surface area contributed by atoms with Crippen LogP contribution in [0.4, 0.5) is 11.5 Å². The van der Waals surface area contributed by atoms with Crippen molar-refractivity contribution in [1.82, 2.24) is 9.97 Å². The van der Waals surface area contributed by atoms with Crippen molar-refractivity contribution in [2.75, 3.05) is 5.32 Å². The van der Waals surface area contributed by atoms with Gasteiger partial charge in [0.1, 0.15) is 16.8 Å². The molecule has 2 rings (SSSR count). The molecule has 0 aliphatic carbocycles. The van der Waals surface area contributed by atoms with E-state index >= 15 is 0 Å². The molecule has 0 bridgehead atoms. The van der Waals surface area contributed by atoms with Crippen LogP contribution in [0.2, 0.25) is 10.2 Å². The van der Waals surface area contributed by atoms with E-state index in [0.717, 1.165) is 10.2 Å². The summed E-state index contributed by atoms with van der Waals surface area (Å²) in [6, 6.07) is 7.18. The standard InChI is InChI=1S/C13H12BrCl2N3/c1-7(2)13-18-11(16)6-12(19-13)17-10-4-3-8(15)5-9(10)14/h3-7H,1-2H3,(H,17,18,19). The molecule has 0 unspecified atom stereocenters. The Labute approximate surface area is 130 Å². The van der Waals surface area contributed by atoms with E-state index in [4.69, 9.17) is 23.2 Å². The van der Waals surface area contributed by atoms with Gasteiger partial charge in [0.2, 0.25) is 0 Å². The molecule has 6 heteroatoms. The molecule has 0 spiro atoms. The highest BCUT2D eigenvalue weighted by Crippen LogP contribution is 2.29. The number of aromatic nitrogens is 2. The van der Waals surface area contributed by atoms with Crippen LogP contribution >= 0.6 is 39.1 Å². The lowest BCUT2D eigenvalue weighted by Gasteiger charge is -2.11. The zero-order valence-corrected chi connectivity index (χ0v) is 13.5. The third-order valence-corrected chi connectivity index (χ3v) is 3.51. The molecule has 0 aliphatic heterocycles. The van der Waals surface area contributed by atoms with E-state index < -0.39 is 0 Å². The summed E-state index contributed by atoms with van der Waals surface area (Å²) in [7, 11) is 0. The van der Waals surface area contributed by atoms with Gasteiger partial charge < -0.3 is 5.32 Å². The average molecular weight is 361 g/mol. The van der Waals surface area contributed by atoms with Crippen molar-refractivity contribution in [2.45, 2.75) is 19.8 Å². The van der Waals surface area contributed by atoms with Crippen LogP contribution in [0.1, 0.15) is 25.6 Å². The number of hydrogen-bond acceptors (Lipinski definition) is 3. The molecule has 3 nitrogen and oxygen atoms in total. The molecule has 100 valence electrons. The van der Waals surface area contributed by atoms with Crippen molar-refractivity contribution in [2.24, 2.45) is 0 Å². The van der Waals surface area contributed by atoms with E-state index in [1.165, 1.54) is 0 Å². The minimum atomic E-state index is 0.216. The van der Waals surface area contributed by atoms with Crippen LogP contribution in [-0.2, 0) is 0 Å². The lowest BCUT2D eigenvalue weighted by Crippen LogP contribution is -2.02. The predicted molar refractivity (Wildman–Crippen MR) is 83.6 cm³/mol. The van der Waals surface area contributed by atoms with Gasteiger partial charge in [-0.15, -0.1) is 0 Å². The molecule has 0 amide bonds. The molecule has 1 heterocycles. The fraction of sp³-hybridized carbons (Fsp3) is 0.231. The maximum atomic E-state index is 6.00. The quantitative estimate of drug-likeness (QED) is 0.743. The van der Waals surface area contributed by atoms with E-state index in [2.05, 4.69) is 31.2 Å². The number of hydrogen-bond donors (Lipinski definition) is 1. The molecule has 0 fully saturated rings. The summed E-state index contributed by atoms with van der Waals surface area (Å²) in [5.74, 6) is 1.58. The van der Waals surface area contributed by atoms with Crippen LogP contribution in [0.25, 0.3) is 0 Å². The second-order valence-electron chi connectivity index (χ2n) is 4.34. The van der Waals surface area contributed by atoms with Gasteiger partial charge in [0.15, 0.2) is 0 Å². The second-order valence-corrected chi connectivity index (χ2v) is 6.02. The SMILES string of the molecule is CC(C)c1nc(Cl)cc(Nc2ccc(Cl)cc2Br)n1. The number of nitrogens with one attached hydrogen (secondary N) is 1. The highest BCUT2D eigenvalue weighted by molar-refractivity contribution is 9.10. The fourth-order valence-corrected chi connectivity index (χ4v) is 2.46. The van der Waals surface area contributed by atoms with Gasteiger partial charge in [0, 0.05) is 21.5 Å². The summed E-state index contributed by atoms with van der Waals surface area (Å²) in [4.78, 5) is 8.62. The summed E-state index contributed by atoms with van der Waals surface area (Å²) in [5, 5.41) is 4.28. The van der Waals surface area contributed by atoms with Crippen LogP contribution in [0, 0.1) is 0 Å². The van der Waals surface area contributed by atoms with Gasteiger partial charge in [-0.2, -0.15) is 0 Å². The molecule has 0 aliphatic rings. The first-order valence-corrected chi connectivity index (χ1v) is 7.27. The topological polar surface area (TPSA) is 37.8 Å². The number of nitrogens with zero attached hydrogens (tertiary/aromatic N) is 2. The zero-order valence-electron chi connectivity index (χ0n) is 10.4. The van der Waals surface area contributed by atoms with Gasteiger partial charge in [-0.3, -0.25) is 0 Å². The van der Waals surface area contributed by atoms with Gasteiger partial charge in [-0.25, -0.2) is 9.97 Å². The number of rotatable bonds is 3. The largest absolute Gasteiger partial charge is 0.339 e.